The maximum Gasteiger partial charge on any atom is 0.416 e. The molecular weight excluding hydrogens is 253 g/mol. The van der Waals surface area contributed by atoms with Gasteiger partial charge in [0.2, 0.25) is 0 Å². The molecule has 1 aliphatic carbocycles. The molecule has 0 aliphatic heterocycles. The van der Waals surface area contributed by atoms with E-state index in [0.717, 1.165) is 36.1 Å². The van der Waals surface area contributed by atoms with Gasteiger partial charge in [-0.15, -0.1) is 0 Å². The molecule has 0 N–H and O–H groups in total. The Morgan fingerprint density at radius 3 is 2.37 bits per heavy atom. The number of ketones is 1. The molecular formula is C15H15F3O. The summed E-state index contributed by atoms with van der Waals surface area (Å²) >= 11 is 0. The highest BCUT2D eigenvalue weighted by Gasteiger charge is 2.30. The topological polar surface area (TPSA) is 17.1 Å². The van der Waals surface area contributed by atoms with E-state index in [1.807, 2.05) is 6.08 Å². The van der Waals surface area contributed by atoms with Crippen molar-refractivity contribution < 1.29 is 18.0 Å². The van der Waals surface area contributed by atoms with Gasteiger partial charge in [0.05, 0.1) is 5.56 Å². The number of Topliss-reactive ketones (excluding diaryl/α,β-unsaturated/α-hetero) is 1. The second kappa shape index (κ2) is 5.19. The molecule has 2 rings (SSSR count). The van der Waals surface area contributed by atoms with E-state index in [9.17, 15) is 18.0 Å². The number of hydrogen-bond acceptors (Lipinski definition) is 1. The fourth-order valence-electron chi connectivity index (χ4n) is 2.37. The highest BCUT2D eigenvalue weighted by Crippen LogP contribution is 2.34. The molecule has 102 valence electrons. The number of benzene rings is 1. The van der Waals surface area contributed by atoms with Crippen molar-refractivity contribution in [2.75, 3.05) is 0 Å². The Morgan fingerprint density at radius 2 is 1.84 bits per heavy atom. The minimum absolute atomic E-state index is 0.00212. The van der Waals surface area contributed by atoms with Crippen molar-refractivity contribution in [3.8, 4) is 0 Å². The van der Waals surface area contributed by atoms with E-state index in [1.165, 1.54) is 12.1 Å². The fourth-order valence-corrected chi connectivity index (χ4v) is 2.37. The first-order valence-corrected chi connectivity index (χ1v) is 6.25. The van der Waals surface area contributed by atoms with Gasteiger partial charge in [-0.2, -0.15) is 13.2 Å². The Balaban J connectivity index is 2.19. The molecule has 0 spiro atoms. The Morgan fingerprint density at radius 1 is 1.21 bits per heavy atom. The Kier molecular flexibility index (Phi) is 3.78. The van der Waals surface area contributed by atoms with E-state index in [-0.39, 0.29) is 11.7 Å². The zero-order chi connectivity index (χ0) is 14.0. The number of rotatable bonds is 2. The van der Waals surface area contributed by atoms with Gasteiger partial charge in [0.1, 0.15) is 5.78 Å². The van der Waals surface area contributed by atoms with Crippen molar-refractivity contribution in [3.63, 3.8) is 0 Å². The van der Waals surface area contributed by atoms with Crippen molar-refractivity contribution in [2.24, 2.45) is 5.92 Å². The number of carbonyl (C=O) groups is 1. The van der Waals surface area contributed by atoms with E-state index < -0.39 is 11.7 Å². The summed E-state index contributed by atoms with van der Waals surface area (Å²) in [5.41, 5.74) is 1.11. The van der Waals surface area contributed by atoms with Crippen LogP contribution >= 0.6 is 0 Å². The third-order valence-corrected chi connectivity index (χ3v) is 3.53. The lowest BCUT2D eigenvalue weighted by atomic mass is 9.83. The lowest BCUT2D eigenvalue weighted by Crippen LogP contribution is -2.14. The quantitative estimate of drug-likeness (QED) is 0.773. The van der Waals surface area contributed by atoms with Crippen LogP contribution in [0.2, 0.25) is 0 Å². The SMILES string of the molecule is CC(=O)C1CCC=C(c2ccc(C(F)(F)F)cc2)C1. The first kappa shape index (κ1) is 13.8. The van der Waals surface area contributed by atoms with Gasteiger partial charge in [0, 0.05) is 5.92 Å². The molecule has 0 amide bonds. The molecule has 1 aromatic carbocycles. The van der Waals surface area contributed by atoms with Gasteiger partial charge in [-0.3, -0.25) is 4.79 Å². The first-order chi connectivity index (χ1) is 8.88. The smallest absolute Gasteiger partial charge is 0.300 e. The van der Waals surface area contributed by atoms with Crippen LogP contribution in [-0.4, -0.2) is 5.78 Å². The van der Waals surface area contributed by atoms with Crippen LogP contribution in [-0.2, 0) is 11.0 Å². The highest BCUT2D eigenvalue weighted by molar-refractivity contribution is 5.82. The number of allylic oxidation sites excluding steroid dienone is 2. The number of alkyl halides is 3. The van der Waals surface area contributed by atoms with Crippen LogP contribution in [0.3, 0.4) is 0 Å². The molecule has 4 heteroatoms. The number of halogens is 3. The largest absolute Gasteiger partial charge is 0.416 e. The monoisotopic (exact) mass is 268 g/mol. The van der Waals surface area contributed by atoms with Crippen molar-refractivity contribution >= 4 is 11.4 Å². The van der Waals surface area contributed by atoms with Gasteiger partial charge in [-0.25, -0.2) is 0 Å². The Labute approximate surface area is 110 Å². The molecule has 0 saturated heterocycles. The molecule has 1 aromatic rings. The lowest BCUT2D eigenvalue weighted by molar-refractivity contribution is -0.137. The van der Waals surface area contributed by atoms with Gasteiger partial charge >= 0.3 is 6.18 Å². The van der Waals surface area contributed by atoms with Crippen molar-refractivity contribution in [2.45, 2.75) is 32.4 Å². The first-order valence-electron chi connectivity index (χ1n) is 6.25. The third kappa shape index (κ3) is 3.25. The van der Waals surface area contributed by atoms with Crippen LogP contribution in [0.4, 0.5) is 13.2 Å². The summed E-state index contributed by atoms with van der Waals surface area (Å²) in [7, 11) is 0. The molecule has 0 radical (unpaired) electrons. The van der Waals surface area contributed by atoms with Crippen molar-refractivity contribution in [1.82, 2.24) is 0 Å². The molecule has 0 heterocycles. The van der Waals surface area contributed by atoms with E-state index in [0.29, 0.717) is 6.42 Å². The van der Waals surface area contributed by atoms with Gasteiger partial charge in [0.15, 0.2) is 0 Å². The van der Waals surface area contributed by atoms with Gasteiger partial charge in [-0.1, -0.05) is 18.2 Å². The third-order valence-electron chi connectivity index (χ3n) is 3.53. The van der Waals surface area contributed by atoms with Crippen LogP contribution < -0.4 is 0 Å². The molecule has 0 aromatic heterocycles. The van der Waals surface area contributed by atoms with Crippen molar-refractivity contribution in [1.29, 1.82) is 0 Å². The van der Waals surface area contributed by atoms with Crippen LogP contribution in [0.5, 0.6) is 0 Å². The Bertz CT molecular complexity index is 497. The summed E-state index contributed by atoms with van der Waals surface area (Å²) < 4.78 is 37.4. The molecule has 1 nitrogen and oxygen atoms in total. The molecule has 1 atom stereocenters. The van der Waals surface area contributed by atoms with Crippen LogP contribution in [0.1, 0.15) is 37.3 Å². The predicted molar refractivity (Wildman–Crippen MR) is 67.4 cm³/mol. The van der Waals surface area contributed by atoms with Gasteiger partial charge < -0.3 is 0 Å². The van der Waals surface area contributed by atoms with Crippen LogP contribution in [0.15, 0.2) is 30.3 Å². The number of carbonyl (C=O) groups excluding carboxylic acids is 1. The number of hydrogen-bond donors (Lipinski definition) is 0. The van der Waals surface area contributed by atoms with E-state index in [2.05, 4.69) is 0 Å². The maximum absolute atomic E-state index is 12.5. The average Bonchev–Trinajstić information content (AvgIpc) is 2.38. The van der Waals surface area contributed by atoms with Crippen LogP contribution in [0.25, 0.3) is 5.57 Å². The molecule has 19 heavy (non-hydrogen) atoms. The molecule has 0 fully saturated rings. The van der Waals surface area contributed by atoms with E-state index >= 15 is 0 Å². The van der Waals surface area contributed by atoms with Gasteiger partial charge in [0.25, 0.3) is 0 Å². The van der Waals surface area contributed by atoms with Crippen molar-refractivity contribution in [3.05, 3.63) is 41.5 Å². The standard InChI is InChI=1S/C15H15F3O/c1-10(19)12-3-2-4-13(9-12)11-5-7-14(8-6-11)15(16,17)18/h4-8,12H,2-3,9H2,1H3. The zero-order valence-electron chi connectivity index (χ0n) is 10.6. The normalized spacial score (nSPS) is 20.0. The summed E-state index contributed by atoms with van der Waals surface area (Å²) in [6.07, 6.45) is -0.0236. The molecule has 0 bridgehead atoms. The van der Waals surface area contributed by atoms with E-state index in [1.54, 1.807) is 6.92 Å². The van der Waals surface area contributed by atoms with Crippen LogP contribution in [0, 0.1) is 5.92 Å². The second-order valence-corrected chi connectivity index (χ2v) is 4.89. The molecule has 1 aliphatic rings. The minimum atomic E-state index is -4.30. The summed E-state index contributed by atoms with van der Waals surface area (Å²) in [6.45, 7) is 1.57. The van der Waals surface area contributed by atoms with Gasteiger partial charge in [-0.05, 0) is 49.5 Å². The summed E-state index contributed by atoms with van der Waals surface area (Å²) in [5, 5.41) is 0. The minimum Gasteiger partial charge on any atom is -0.300 e. The maximum atomic E-state index is 12.5. The Hall–Kier alpha value is -1.58. The van der Waals surface area contributed by atoms with E-state index in [4.69, 9.17) is 0 Å². The average molecular weight is 268 g/mol. The highest BCUT2D eigenvalue weighted by atomic mass is 19.4. The molecule has 1 unspecified atom stereocenters. The summed E-state index contributed by atoms with van der Waals surface area (Å²) in [6, 6.07) is 5.15. The fraction of sp³-hybridized carbons (Fsp3) is 0.400. The predicted octanol–water partition coefficient (Wildman–Crippen LogP) is 4.48. The molecule has 0 saturated carbocycles. The zero-order valence-corrected chi connectivity index (χ0v) is 10.6. The lowest BCUT2D eigenvalue weighted by Gasteiger charge is -2.21. The second-order valence-electron chi connectivity index (χ2n) is 4.89. The summed E-state index contributed by atoms with van der Waals surface area (Å²) in [5.74, 6) is 0.153. The summed E-state index contributed by atoms with van der Waals surface area (Å²) in [4.78, 5) is 11.4.